The van der Waals surface area contributed by atoms with E-state index in [1.165, 1.54) is 13.8 Å². The normalized spacial score (nSPS) is 23.2. The van der Waals surface area contributed by atoms with Crippen LogP contribution in [0.25, 0.3) is 11.1 Å². The Labute approximate surface area is 220 Å². The van der Waals surface area contributed by atoms with Crippen molar-refractivity contribution in [1.29, 1.82) is 0 Å². The quantitative estimate of drug-likeness (QED) is 0.467. The second kappa shape index (κ2) is 10.6. The van der Waals surface area contributed by atoms with Crippen molar-refractivity contribution in [2.24, 2.45) is 0 Å². The van der Waals surface area contributed by atoms with Crippen molar-refractivity contribution in [1.82, 2.24) is 14.8 Å². The fourth-order valence-electron chi connectivity index (χ4n) is 5.21. The molecular weight excluding hydrogens is 499 g/mol. The molecule has 206 valence electrons. The van der Waals surface area contributed by atoms with Gasteiger partial charge in [0.2, 0.25) is 0 Å². The third-order valence-electron chi connectivity index (χ3n) is 6.84. The maximum Gasteiger partial charge on any atom is 0.410 e. The zero-order chi connectivity index (χ0) is 27.8. The van der Waals surface area contributed by atoms with Gasteiger partial charge in [0.05, 0.1) is 17.8 Å². The largest absolute Gasteiger partial charge is 0.444 e. The summed E-state index contributed by atoms with van der Waals surface area (Å²) in [5, 5.41) is 0. The van der Waals surface area contributed by atoms with Crippen LogP contribution in [0, 0.1) is 0 Å². The van der Waals surface area contributed by atoms with Crippen molar-refractivity contribution >= 4 is 12.0 Å². The van der Waals surface area contributed by atoms with Crippen molar-refractivity contribution in [2.45, 2.75) is 83.4 Å². The molecule has 2 aliphatic heterocycles. The topological polar surface area (TPSA) is 72.0 Å². The summed E-state index contributed by atoms with van der Waals surface area (Å²) in [5.74, 6) is -1.45. The number of aromatic nitrogens is 1. The third-order valence-corrected chi connectivity index (χ3v) is 6.84. The van der Waals surface area contributed by atoms with Crippen molar-refractivity contribution < 1.29 is 32.2 Å². The minimum Gasteiger partial charge on any atom is -0.444 e. The zero-order valence-corrected chi connectivity index (χ0v) is 22.3. The smallest absolute Gasteiger partial charge is 0.410 e. The molecule has 3 atom stereocenters. The van der Waals surface area contributed by atoms with E-state index in [2.05, 4.69) is 4.98 Å². The molecular formula is C28H34F3N3O4. The molecule has 38 heavy (non-hydrogen) atoms. The molecule has 1 aromatic heterocycles. The monoisotopic (exact) mass is 533 g/mol. The molecule has 1 unspecified atom stereocenters. The van der Waals surface area contributed by atoms with E-state index < -0.39 is 42.5 Å². The fraction of sp³-hybridized carbons (Fsp3) is 0.536. The van der Waals surface area contributed by atoms with E-state index in [0.717, 1.165) is 34.6 Å². The van der Waals surface area contributed by atoms with Gasteiger partial charge in [0.1, 0.15) is 24.1 Å². The van der Waals surface area contributed by atoms with Crippen LogP contribution < -0.4 is 0 Å². The van der Waals surface area contributed by atoms with Crippen LogP contribution in [0.4, 0.5) is 18.0 Å². The molecule has 0 saturated carbocycles. The maximum absolute atomic E-state index is 14.0. The van der Waals surface area contributed by atoms with Gasteiger partial charge >= 0.3 is 12.5 Å². The Bertz CT molecular complexity index is 1150. The van der Waals surface area contributed by atoms with Crippen LogP contribution in [0.1, 0.15) is 70.9 Å². The van der Waals surface area contributed by atoms with Crippen LogP contribution in [0.15, 0.2) is 42.6 Å². The van der Waals surface area contributed by atoms with E-state index in [9.17, 15) is 22.8 Å². The van der Waals surface area contributed by atoms with E-state index in [1.54, 1.807) is 23.2 Å². The van der Waals surface area contributed by atoms with Crippen LogP contribution in [0.2, 0.25) is 0 Å². The number of rotatable bonds is 5. The van der Waals surface area contributed by atoms with Crippen molar-refractivity contribution in [3.05, 3.63) is 53.9 Å². The number of benzene rings is 1. The lowest BCUT2D eigenvalue weighted by Crippen LogP contribution is -2.51. The van der Waals surface area contributed by atoms with Crippen LogP contribution in [0.3, 0.4) is 0 Å². The number of hydrogen-bond acceptors (Lipinski definition) is 5. The first kappa shape index (κ1) is 27.9. The molecule has 1 aromatic carbocycles. The summed E-state index contributed by atoms with van der Waals surface area (Å²) < 4.78 is 51.7. The number of pyridine rings is 1. The lowest BCUT2D eigenvalue weighted by Gasteiger charge is -2.32. The summed E-state index contributed by atoms with van der Waals surface area (Å²) in [7, 11) is 0. The molecule has 0 N–H and O–H groups in total. The number of hydrogen-bond donors (Lipinski definition) is 0. The molecule has 0 radical (unpaired) electrons. The second-order valence-corrected chi connectivity index (χ2v) is 11.1. The number of alkyl halides is 3. The van der Waals surface area contributed by atoms with E-state index in [1.807, 2.05) is 45.0 Å². The van der Waals surface area contributed by atoms with Crippen LogP contribution in [-0.2, 0) is 14.3 Å². The van der Waals surface area contributed by atoms with Gasteiger partial charge in [0.15, 0.2) is 0 Å². The molecule has 10 heteroatoms. The highest BCUT2D eigenvalue weighted by atomic mass is 19.3. The van der Waals surface area contributed by atoms with Gasteiger partial charge in [-0.3, -0.25) is 14.7 Å². The summed E-state index contributed by atoms with van der Waals surface area (Å²) in [6, 6.07) is 9.63. The summed E-state index contributed by atoms with van der Waals surface area (Å²) >= 11 is 0. The molecule has 4 rings (SSSR count). The Morgan fingerprint density at radius 3 is 2.34 bits per heavy atom. The lowest BCUT2D eigenvalue weighted by molar-refractivity contribution is -0.159. The van der Waals surface area contributed by atoms with Gasteiger partial charge in [-0.2, -0.15) is 8.78 Å². The van der Waals surface area contributed by atoms with Gasteiger partial charge in [-0.15, -0.1) is 0 Å². The summed E-state index contributed by atoms with van der Waals surface area (Å²) in [6.45, 7) is 8.07. The predicted octanol–water partition coefficient (Wildman–Crippen LogP) is 6.06. The molecule has 2 fully saturated rings. The average molecular weight is 534 g/mol. The van der Waals surface area contributed by atoms with Gasteiger partial charge in [0.25, 0.3) is 5.91 Å². The molecule has 2 aromatic rings. The first-order chi connectivity index (χ1) is 17.8. The molecule has 2 aliphatic rings. The highest BCUT2D eigenvalue weighted by molar-refractivity contribution is 5.80. The predicted molar refractivity (Wildman–Crippen MR) is 135 cm³/mol. The van der Waals surface area contributed by atoms with Gasteiger partial charge in [-0.1, -0.05) is 30.3 Å². The summed E-state index contributed by atoms with van der Waals surface area (Å²) in [4.78, 5) is 31.9. The highest BCUT2D eigenvalue weighted by Gasteiger charge is 2.52. The number of amides is 2. The second-order valence-electron chi connectivity index (χ2n) is 11.1. The lowest BCUT2D eigenvalue weighted by atomic mass is 9.99. The van der Waals surface area contributed by atoms with Crippen LogP contribution in [0.5, 0.6) is 0 Å². The van der Waals surface area contributed by atoms with E-state index >= 15 is 0 Å². The minimum absolute atomic E-state index is 0.152. The molecule has 0 spiro atoms. The molecule has 2 amide bonds. The van der Waals surface area contributed by atoms with Crippen molar-refractivity contribution in [3.8, 4) is 11.1 Å². The van der Waals surface area contributed by atoms with Gasteiger partial charge in [-0.25, -0.2) is 9.18 Å². The van der Waals surface area contributed by atoms with Gasteiger partial charge < -0.3 is 14.4 Å². The molecule has 7 nitrogen and oxygen atoms in total. The Balaban J connectivity index is 1.50. The standard InChI is InChI=1S/C28H34F3N3O4/c1-27(2,3)38-26(36)33-14-6-7-21(33)20-13-12-19(16-32-20)17-8-10-18(11-9-17)23-22(15-29)34(25(35)24(30)31)28(4,5)37-23/h8-13,16,21-24H,6-7,14-15H2,1-5H3/t21?,22-,23-/m1/s1. The molecule has 3 heterocycles. The third kappa shape index (κ3) is 5.65. The Kier molecular flexibility index (Phi) is 7.74. The average Bonchev–Trinajstić information content (AvgIpc) is 3.45. The van der Waals surface area contributed by atoms with Crippen molar-refractivity contribution in [2.75, 3.05) is 13.2 Å². The van der Waals surface area contributed by atoms with E-state index in [0.29, 0.717) is 12.1 Å². The van der Waals surface area contributed by atoms with Gasteiger partial charge in [-0.05, 0) is 64.7 Å². The number of likely N-dealkylation sites (tertiary alicyclic amines) is 1. The molecule has 0 aliphatic carbocycles. The summed E-state index contributed by atoms with van der Waals surface area (Å²) in [5.41, 5.74) is 1.10. The number of carbonyl (C=O) groups excluding carboxylic acids is 2. The molecule has 0 bridgehead atoms. The first-order valence-electron chi connectivity index (χ1n) is 12.7. The van der Waals surface area contributed by atoms with Gasteiger partial charge in [0, 0.05) is 18.3 Å². The Morgan fingerprint density at radius 1 is 1.13 bits per heavy atom. The zero-order valence-electron chi connectivity index (χ0n) is 22.3. The summed E-state index contributed by atoms with van der Waals surface area (Å²) in [6.07, 6.45) is -1.07. The maximum atomic E-state index is 14.0. The Hall–Kier alpha value is -3.14. The number of halogens is 3. The van der Waals surface area contributed by atoms with E-state index in [4.69, 9.17) is 9.47 Å². The number of ether oxygens (including phenoxy) is 2. The molecule has 2 saturated heterocycles. The van der Waals surface area contributed by atoms with Crippen LogP contribution >= 0.6 is 0 Å². The minimum atomic E-state index is -3.25. The van der Waals surface area contributed by atoms with E-state index in [-0.39, 0.29) is 12.1 Å². The fourth-order valence-corrected chi connectivity index (χ4v) is 5.21. The van der Waals surface area contributed by atoms with Crippen molar-refractivity contribution in [3.63, 3.8) is 0 Å². The Morgan fingerprint density at radius 2 is 1.79 bits per heavy atom. The first-order valence-corrected chi connectivity index (χ1v) is 12.7. The number of carbonyl (C=O) groups is 2. The SMILES string of the molecule is CC(C)(C)OC(=O)N1CCCC1c1ccc(-c2ccc([C@H]3OC(C)(C)N(C(=O)C(F)F)[C@@H]3CF)cc2)cn1. The highest BCUT2D eigenvalue weighted by Crippen LogP contribution is 2.42. The number of nitrogens with zero attached hydrogens (tertiary/aromatic N) is 3. The van der Waals surface area contributed by atoms with Crippen LogP contribution in [-0.4, -0.2) is 63.8 Å².